The smallest absolute Gasteiger partial charge is 0.127 e. The molecule has 1 N–H and O–H groups in total. The maximum absolute atomic E-state index is 9.38. The molecule has 0 saturated heterocycles. The van der Waals surface area contributed by atoms with Gasteiger partial charge in [0, 0.05) is 28.3 Å². The number of hydrogen-bond acceptors (Lipinski definition) is 3. The fraction of sp³-hybridized carbons (Fsp3) is 0.400. The number of aliphatic hydroxyl groups is 1. The predicted molar refractivity (Wildman–Crippen MR) is 77.4 cm³/mol. The summed E-state index contributed by atoms with van der Waals surface area (Å²) in [5.74, 6) is 0.938. The van der Waals surface area contributed by atoms with E-state index in [2.05, 4.69) is 5.10 Å². The van der Waals surface area contributed by atoms with E-state index in [-0.39, 0.29) is 6.61 Å². The maximum Gasteiger partial charge on any atom is 0.127 e. The molecule has 2 aromatic rings. The van der Waals surface area contributed by atoms with Crippen molar-refractivity contribution in [2.24, 2.45) is 0 Å². The molecule has 5 heteroatoms. The van der Waals surface area contributed by atoms with E-state index in [4.69, 9.17) is 16.3 Å². The van der Waals surface area contributed by atoms with E-state index in [1.54, 1.807) is 0 Å². The lowest BCUT2D eigenvalue weighted by molar-refractivity contribution is 0.280. The Kier molecular flexibility index (Phi) is 3.44. The first-order valence-electron chi connectivity index (χ1n) is 6.68. The zero-order valence-corrected chi connectivity index (χ0v) is 12.4. The summed E-state index contributed by atoms with van der Waals surface area (Å²) in [6.45, 7) is 5.21. The largest absolute Gasteiger partial charge is 0.493 e. The van der Waals surface area contributed by atoms with Crippen molar-refractivity contribution in [1.82, 2.24) is 9.78 Å². The van der Waals surface area contributed by atoms with Crippen LogP contribution in [-0.4, -0.2) is 21.5 Å². The molecule has 0 fully saturated rings. The summed E-state index contributed by atoms with van der Waals surface area (Å²) in [5.41, 5.74) is 4.95. The van der Waals surface area contributed by atoms with Crippen LogP contribution in [-0.2, 0) is 19.6 Å². The molecule has 0 amide bonds. The molecule has 0 atom stereocenters. The fourth-order valence-corrected chi connectivity index (χ4v) is 3.01. The number of halogens is 1. The van der Waals surface area contributed by atoms with Crippen molar-refractivity contribution in [3.05, 3.63) is 45.2 Å². The number of nitrogens with zero attached hydrogens (tertiary/aromatic N) is 2. The molecule has 0 spiro atoms. The lowest BCUT2D eigenvalue weighted by Gasteiger charge is -2.10. The standard InChI is InChI=1S/C15H17ClN2O2/c1-9-14(8-19)10(2)18(17-9)7-12-6-13(16)5-11-3-4-20-15(11)12/h5-6,19H,3-4,7-8H2,1-2H3. The Morgan fingerprint density at radius 3 is 2.90 bits per heavy atom. The van der Waals surface area contributed by atoms with Gasteiger partial charge >= 0.3 is 0 Å². The molecule has 20 heavy (non-hydrogen) atoms. The van der Waals surface area contributed by atoms with E-state index < -0.39 is 0 Å². The topological polar surface area (TPSA) is 47.3 Å². The summed E-state index contributed by atoms with van der Waals surface area (Å²) in [5, 5.41) is 14.6. The molecule has 1 aromatic heterocycles. The minimum Gasteiger partial charge on any atom is -0.493 e. The number of aliphatic hydroxyl groups excluding tert-OH is 1. The number of aryl methyl sites for hydroxylation is 1. The Morgan fingerprint density at radius 2 is 2.20 bits per heavy atom. The van der Waals surface area contributed by atoms with Crippen LogP contribution in [0.25, 0.3) is 0 Å². The van der Waals surface area contributed by atoms with Crippen molar-refractivity contribution in [1.29, 1.82) is 0 Å². The molecule has 3 rings (SSSR count). The van der Waals surface area contributed by atoms with E-state index in [1.165, 1.54) is 0 Å². The second kappa shape index (κ2) is 5.11. The van der Waals surface area contributed by atoms with Crippen LogP contribution in [0, 0.1) is 13.8 Å². The van der Waals surface area contributed by atoms with E-state index in [9.17, 15) is 5.11 Å². The zero-order valence-electron chi connectivity index (χ0n) is 11.6. The van der Waals surface area contributed by atoms with Gasteiger partial charge in [0.25, 0.3) is 0 Å². The van der Waals surface area contributed by atoms with E-state index in [1.807, 2.05) is 30.7 Å². The third-order valence-corrected chi connectivity index (χ3v) is 4.05. The van der Waals surface area contributed by atoms with Gasteiger partial charge in [-0.05, 0) is 31.5 Å². The summed E-state index contributed by atoms with van der Waals surface area (Å²) in [6.07, 6.45) is 0.905. The van der Waals surface area contributed by atoms with Gasteiger partial charge < -0.3 is 9.84 Å². The Hall–Kier alpha value is -1.52. The molecule has 1 aliphatic rings. The maximum atomic E-state index is 9.38. The first-order chi connectivity index (χ1) is 9.60. The highest BCUT2D eigenvalue weighted by Crippen LogP contribution is 2.33. The van der Waals surface area contributed by atoms with Crippen LogP contribution < -0.4 is 4.74 Å². The molecular weight excluding hydrogens is 276 g/mol. The van der Waals surface area contributed by atoms with Crippen molar-refractivity contribution < 1.29 is 9.84 Å². The van der Waals surface area contributed by atoms with Crippen molar-refractivity contribution in [2.45, 2.75) is 33.4 Å². The average Bonchev–Trinajstić information content (AvgIpc) is 2.95. The van der Waals surface area contributed by atoms with Gasteiger partial charge in [-0.1, -0.05) is 11.6 Å². The van der Waals surface area contributed by atoms with Crippen LogP contribution in [0.15, 0.2) is 12.1 Å². The van der Waals surface area contributed by atoms with Gasteiger partial charge in [-0.2, -0.15) is 5.10 Å². The average molecular weight is 293 g/mol. The van der Waals surface area contributed by atoms with Crippen LogP contribution in [0.2, 0.25) is 5.02 Å². The van der Waals surface area contributed by atoms with E-state index in [0.717, 1.165) is 45.3 Å². The molecule has 1 aromatic carbocycles. The van der Waals surface area contributed by atoms with Crippen LogP contribution in [0.3, 0.4) is 0 Å². The summed E-state index contributed by atoms with van der Waals surface area (Å²) >= 11 is 6.17. The number of benzene rings is 1. The highest BCUT2D eigenvalue weighted by Gasteiger charge is 2.19. The Labute approximate surface area is 122 Å². The molecule has 0 radical (unpaired) electrons. The van der Waals surface area contributed by atoms with Gasteiger partial charge in [0.2, 0.25) is 0 Å². The minimum absolute atomic E-state index is 0.0157. The first kappa shape index (κ1) is 13.5. The molecule has 0 bridgehead atoms. The summed E-state index contributed by atoms with van der Waals surface area (Å²) in [6, 6.07) is 3.90. The molecule has 2 heterocycles. The second-order valence-electron chi connectivity index (χ2n) is 5.12. The van der Waals surface area contributed by atoms with Crippen molar-refractivity contribution in [3.63, 3.8) is 0 Å². The summed E-state index contributed by atoms with van der Waals surface area (Å²) in [7, 11) is 0. The first-order valence-corrected chi connectivity index (χ1v) is 7.05. The van der Waals surface area contributed by atoms with Crippen LogP contribution in [0.4, 0.5) is 0 Å². The Morgan fingerprint density at radius 1 is 1.40 bits per heavy atom. The number of hydrogen-bond donors (Lipinski definition) is 1. The van der Waals surface area contributed by atoms with Crippen LogP contribution in [0.1, 0.15) is 28.1 Å². The second-order valence-corrected chi connectivity index (χ2v) is 5.55. The highest BCUT2D eigenvalue weighted by molar-refractivity contribution is 6.30. The monoisotopic (exact) mass is 292 g/mol. The molecule has 1 aliphatic heterocycles. The predicted octanol–water partition coefficient (Wildman–Crippen LogP) is 2.63. The van der Waals surface area contributed by atoms with Gasteiger partial charge in [0.05, 0.1) is 25.5 Å². The summed E-state index contributed by atoms with van der Waals surface area (Å²) in [4.78, 5) is 0. The number of aromatic nitrogens is 2. The Bertz CT molecular complexity index is 664. The van der Waals surface area contributed by atoms with Crippen molar-refractivity contribution >= 4 is 11.6 Å². The third kappa shape index (κ3) is 2.19. The molecule has 4 nitrogen and oxygen atoms in total. The molecular formula is C15H17ClN2O2. The number of ether oxygens (including phenoxy) is 1. The zero-order chi connectivity index (χ0) is 14.3. The molecule has 106 valence electrons. The van der Waals surface area contributed by atoms with Crippen molar-refractivity contribution in [3.8, 4) is 5.75 Å². The van der Waals surface area contributed by atoms with Gasteiger partial charge in [-0.25, -0.2) is 0 Å². The minimum atomic E-state index is 0.0157. The summed E-state index contributed by atoms with van der Waals surface area (Å²) < 4.78 is 7.61. The Balaban J connectivity index is 2.00. The van der Waals surface area contributed by atoms with Gasteiger partial charge in [0.15, 0.2) is 0 Å². The van der Waals surface area contributed by atoms with Gasteiger partial charge in [0.1, 0.15) is 5.75 Å². The molecule has 0 aliphatic carbocycles. The number of fused-ring (bicyclic) bond motifs is 1. The van der Waals surface area contributed by atoms with Crippen molar-refractivity contribution in [2.75, 3.05) is 6.61 Å². The lowest BCUT2D eigenvalue weighted by atomic mass is 10.1. The normalized spacial score (nSPS) is 13.4. The van der Waals surface area contributed by atoms with Crippen LogP contribution in [0.5, 0.6) is 5.75 Å². The molecule has 0 saturated carbocycles. The quantitative estimate of drug-likeness (QED) is 0.946. The van der Waals surface area contributed by atoms with E-state index >= 15 is 0 Å². The SMILES string of the molecule is Cc1nn(Cc2cc(Cl)cc3c2OCC3)c(C)c1CO. The van der Waals surface area contributed by atoms with Gasteiger partial charge in [-0.15, -0.1) is 0 Å². The number of rotatable bonds is 3. The highest BCUT2D eigenvalue weighted by atomic mass is 35.5. The van der Waals surface area contributed by atoms with Crippen LogP contribution >= 0.6 is 11.6 Å². The van der Waals surface area contributed by atoms with Gasteiger partial charge in [-0.3, -0.25) is 4.68 Å². The molecule has 0 unspecified atom stereocenters. The lowest BCUT2D eigenvalue weighted by Crippen LogP contribution is -2.06. The van der Waals surface area contributed by atoms with E-state index in [0.29, 0.717) is 13.2 Å². The third-order valence-electron chi connectivity index (χ3n) is 3.83. The fourth-order valence-electron chi connectivity index (χ4n) is 2.74.